The van der Waals surface area contributed by atoms with Crippen molar-refractivity contribution < 1.29 is 19.2 Å². The maximum atomic E-state index is 13.5. The summed E-state index contributed by atoms with van der Waals surface area (Å²) < 4.78 is 11.3. The second-order valence-electron chi connectivity index (χ2n) is 11.5. The van der Waals surface area contributed by atoms with Crippen molar-refractivity contribution in [3.05, 3.63) is 71.4 Å². The Morgan fingerprint density at radius 1 is 0.977 bits per heavy atom. The van der Waals surface area contributed by atoms with Crippen molar-refractivity contribution in [3.8, 4) is 28.1 Å². The van der Waals surface area contributed by atoms with Crippen molar-refractivity contribution in [1.29, 1.82) is 0 Å². The molecule has 3 heterocycles. The number of amides is 1. The number of methoxy groups -OCH3 is 1. The molecule has 3 aromatic carbocycles. The van der Waals surface area contributed by atoms with Gasteiger partial charge >= 0.3 is 0 Å². The van der Waals surface area contributed by atoms with E-state index in [0.717, 1.165) is 79.4 Å². The summed E-state index contributed by atoms with van der Waals surface area (Å²) in [7, 11) is 1.66. The summed E-state index contributed by atoms with van der Waals surface area (Å²) in [5.74, 6) is 1.95. The highest BCUT2D eigenvalue weighted by Gasteiger charge is 2.24. The van der Waals surface area contributed by atoms with E-state index in [1.54, 1.807) is 7.11 Å². The lowest BCUT2D eigenvalue weighted by molar-refractivity contribution is 0.0869. The third kappa shape index (κ3) is 4.60. The van der Waals surface area contributed by atoms with Gasteiger partial charge in [0.1, 0.15) is 23.0 Å². The topological polar surface area (TPSA) is 126 Å². The zero-order valence-corrected chi connectivity index (χ0v) is 24.6. The highest BCUT2D eigenvalue weighted by atomic mass is 16.5. The van der Waals surface area contributed by atoms with E-state index in [1.807, 2.05) is 63.2 Å². The number of carbonyl (C=O) groups is 1. The van der Waals surface area contributed by atoms with Crippen LogP contribution in [-0.4, -0.2) is 50.4 Å². The van der Waals surface area contributed by atoms with Crippen LogP contribution in [0, 0.1) is 20.8 Å². The number of aromatic amines is 1. The molecule has 9 nitrogen and oxygen atoms in total. The molecule has 0 unspecified atom stereocenters. The third-order valence-electron chi connectivity index (χ3n) is 8.64. The highest BCUT2D eigenvalue weighted by molar-refractivity contribution is 6.17. The van der Waals surface area contributed by atoms with Gasteiger partial charge in [-0.05, 0) is 75.4 Å². The van der Waals surface area contributed by atoms with Crippen molar-refractivity contribution >= 4 is 38.6 Å². The molecule has 0 radical (unpaired) electrons. The molecule has 3 N–H and O–H groups in total. The molecule has 218 valence electrons. The van der Waals surface area contributed by atoms with Crippen LogP contribution in [0.25, 0.3) is 55.1 Å². The van der Waals surface area contributed by atoms with Crippen LogP contribution < -0.4 is 10.1 Å². The molecule has 43 heavy (non-hydrogen) atoms. The monoisotopic (exact) mass is 575 g/mol. The van der Waals surface area contributed by atoms with Crippen molar-refractivity contribution in [2.45, 2.75) is 58.6 Å². The minimum atomic E-state index is -0.270. The number of benzene rings is 3. The predicted octanol–water partition coefficient (Wildman–Crippen LogP) is 6.55. The molecule has 0 bridgehead atoms. The van der Waals surface area contributed by atoms with E-state index in [2.05, 4.69) is 21.5 Å². The van der Waals surface area contributed by atoms with Gasteiger partial charge < -0.3 is 24.7 Å². The van der Waals surface area contributed by atoms with Gasteiger partial charge in [0.2, 0.25) is 0 Å². The Morgan fingerprint density at radius 3 is 2.47 bits per heavy atom. The van der Waals surface area contributed by atoms with E-state index < -0.39 is 0 Å². The van der Waals surface area contributed by atoms with Crippen LogP contribution >= 0.6 is 0 Å². The first kappa shape index (κ1) is 27.1. The molecule has 0 aliphatic heterocycles. The van der Waals surface area contributed by atoms with Gasteiger partial charge in [-0.25, -0.2) is 9.97 Å². The standard InChI is InChI=1S/C34H33N5O4/c1-17-30(18(2)43-39-17)27-15-28-26(16-29(27)42-4)31-32(35-19(3)36-33(31)38-28)24-13-14-25(23-8-6-5-7-22(23)24)34(41)37-20-9-11-21(40)12-10-20/h5-8,13-16,20-21,40H,9-12H2,1-4H3,(H,37,41)(H,35,36,38). The maximum Gasteiger partial charge on any atom is 0.252 e. The Kier molecular flexibility index (Phi) is 6.62. The van der Waals surface area contributed by atoms with Gasteiger partial charge in [0.05, 0.1) is 35.6 Å². The molecule has 3 aromatic heterocycles. The second kappa shape index (κ2) is 10.5. The van der Waals surface area contributed by atoms with Crippen LogP contribution in [0.2, 0.25) is 0 Å². The van der Waals surface area contributed by atoms with Crippen LogP contribution in [-0.2, 0) is 0 Å². The number of nitrogens with zero attached hydrogens (tertiary/aromatic N) is 3. The number of nitrogens with one attached hydrogen (secondary N) is 2. The van der Waals surface area contributed by atoms with Gasteiger partial charge in [-0.3, -0.25) is 4.79 Å². The van der Waals surface area contributed by atoms with Gasteiger partial charge in [0, 0.05) is 33.6 Å². The van der Waals surface area contributed by atoms with Crippen molar-refractivity contribution in [1.82, 2.24) is 25.4 Å². The number of hydrogen-bond donors (Lipinski definition) is 3. The summed E-state index contributed by atoms with van der Waals surface area (Å²) in [6.45, 7) is 5.70. The van der Waals surface area contributed by atoms with Gasteiger partial charge in [0.15, 0.2) is 0 Å². The molecule has 1 fully saturated rings. The molecule has 6 aromatic rings. The highest BCUT2D eigenvalue weighted by Crippen LogP contribution is 2.42. The lowest BCUT2D eigenvalue weighted by Crippen LogP contribution is -2.38. The van der Waals surface area contributed by atoms with Crippen LogP contribution in [0.1, 0.15) is 53.3 Å². The van der Waals surface area contributed by atoms with Crippen LogP contribution in [0.15, 0.2) is 53.1 Å². The number of aromatic nitrogens is 4. The minimum Gasteiger partial charge on any atom is -0.496 e. The molecule has 0 saturated heterocycles. The number of rotatable bonds is 5. The van der Waals surface area contributed by atoms with E-state index in [1.165, 1.54) is 0 Å². The number of H-pyrrole nitrogens is 1. The number of hydrogen-bond acceptors (Lipinski definition) is 7. The second-order valence-corrected chi connectivity index (χ2v) is 11.5. The zero-order chi connectivity index (χ0) is 29.8. The van der Waals surface area contributed by atoms with E-state index in [9.17, 15) is 9.90 Å². The van der Waals surface area contributed by atoms with Crippen LogP contribution in [0.5, 0.6) is 5.75 Å². The molecule has 0 atom stereocenters. The first-order chi connectivity index (χ1) is 20.8. The van der Waals surface area contributed by atoms with Crippen molar-refractivity contribution in [2.24, 2.45) is 0 Å². The number of aliphatic hydroxyl groups excluding tert-OH is 1. The first-order valence-corrected chi connectivity index (χ1v) is 14.6. The lowest BCUT2D eigenvalue weighted by Gasteiger charge is -2.26. The molecule has 0 spiro atoms. The summed E-state index contributed by atoms with van der Waals surface area (Å²) in [4.78, 5) is 26.7. The molecular weight excluding hydrogens is 542 g/mol. The summed E-state index contributed by atoms with van der Waals surface area (Å²) in [6.07, 6.45) is 2.71. The number of aryl methyl sites for hydroxylation is 3. The molecule has 1 aliphatic carbocycles. The normalized spacial score (nSPS) is 17.1. The van der Waals surface area contributed by atoms with Gasteiger partial charge in [-0.15, -0.1) is 0 Å². The van der Waals surface area contributed by atoms with Gasteiger partial charge in [0.25, 0.3) is 5.91 Å². The lowest BCUT2D eigenvalue weighted by atomic mass is 9.92. The number of ether oxygens (including phenoxy) is 1. The summed E-state index contributed by atoms with van der Waals surface area (Å²) in [5.41, 5.74) is 6.52. The largest absolute Gasteiger partial charge is 0.496 e. The van der Waals surface area contributed by atoms with Crippen LogP contribution in [0.3, 0.4) is 0 Å². The Hall–Kier alpha value is -4.76. The Balaban J connectivity index is 1.39. The minimum absolute atomic E-state index is 0.0648. The van der Waals surface area contributed by atoms with Crippen LogP contribution in [0.4, 0.5) is 0 Å². The fraction of sp³-hybridized carbons (Fsp3) is 0.294. The Labute approximate surface area is 248 Å². The van der Waals surface area contributed by atoms with E-state index in [0.29, 0.717) is 30.0 Å². The Bertz CT molecular complexity index is 2010. The zero-order valence-electron chi connectivity index (χ0n) is 24.6. The third-order valence-corrected chi connectivity index (χ3v) is 8.64. The van der Waals surface area contributed by atoms with E-state index >= 15 is 0 Å². The van der Waals surface area contributed by atoms with Gasteiger partial charge in [-0.1, -0.05) is 35.5 Å². The molecule has 1 amide bonds. The molecular formula is C34H33N5O4. The summed E-state index contributed by atoms with van der Waals surface area (Å²) in [6, 6.07) is 16.0. The fourth-order valence-electron chi connectivity index (χ4n) is 6.55. The number of fused-ring (bicyclic) bond motifs is 4. The molecule has 9 heteroatoms. The summed E-state index contributed by atoms with van der Waals surface area (Å²) >= 11 is 0. The van der Waals surface area contributed by atoms with Crippen molar-refractivity contribution in [3.63, 3.8) is 0 Å². The smallest absolute Gasteiger partial charge is 0.252 e. The SMILES string of the molecule is COc1cc2c(cc1-c1c(C)noc1C)[nH]c1nc(C)nc(-c3ccc(C(=O)NC4CCC(O)CC4)c4ccccc34)c12. The predicted molar refractivity (Wildman–Crippen MR) is 166 cm³/mol. The number of aliphatic hydroxyl groups is 1. The quantitative estimate of drug-likeness (QED) is 0.213. The maximum absolute atomic E-state index is 13.5. The fourth-order valence-corrected chi connectivity index (χ4v) is 6.55. The van der Waals surface area contributed by atoms with Gasteiger partial charge in [-0.2, -0.15) is 0 Å². The first-order valence-electron chi connectivity index (χ1n) is 14.6. The molecule has 1 aliphatic rings. The van der Waals surface area contributed by atoms with E-state index in [-0.39, 0.29) is 18.1 Å². The summed E-state index contributed by atoms with van der Waals surface area (Å²) in [5, 5.41) is 20.8. The molecule has 1 saturated carbocycles. The Morgan fingerprint density at radius 2 is 1.74 bits per heavy atom. The average molecular weight is 576 g/mol. The van der Waals surface area contributed by atoms with Crippen molar-refractivity contribution in [2.75, 3.05) is 7.11 Å². The average Bonchev–Trinajstić information content (AvgIpc) is 3.53. The van der Waals surface area contributed by atoms with E-state index in [4.69, 9.17) is 19.2 Å². The molecule has 7 rings (SSSR count). The number of carbonyl (C=O) groups excluding carboxylic acids is 1.